The maximum Gasteiger partial charge on any atom is 0.185 e. The summed E-state index contributed by atoms with van der Waals surface area (Å²) in [5, 5.41) is 2.99. The van der Waals surface area contributed by atoms with E-state index in [0.717, 1.165) is 23.9 Å². The summed E-state index contributed by atoms with van der Waals surface area (Å²) in [6, 6.07) is 0. The summed E-state index contributed by atoms with van der Waals surface area (Å²) in [5.74, 6) is 0.464. The molecule has 4 nitrogen and oxygen atoms in total. The van der Waals surface area contributed by atoms with E-state index in [4.69, 9.17) is 21.1 Å². The van der Waals surface area contributed by atoms with Crippen LogP contribution in [0, 0.1) is 0 Å². The molecule has 1 fully saturated rings. The van der Waals surface area contributed by atoms with Gasteiger partial charge in [-0.05, 0) is 0 Å². The van der Waals surface area contributed by atoms with Crippen molar-refractivity contribution in [2.24, 2.45) is 0 Å². The smallest absolute Gasteiger partial charge is 0.185 e. The van der Waals surface area contributed by atoms with E-state index in [0.29, 0.717) is 5.88 Å². The fourth-order valence-electron chi connectivity index (χ4n) is 1.86. The van der Waals surface area contributed by atoms with Crippen molar-refractivity contribution in [1.82, 2.24) is 4.98 Å². The maximum atomic E-state index is 5.74. The lowest BCUT2D eigenvalue weighted by atomic mass is 10.3. The van der Waals surface area contributed by atoms with Gasteiger partial charge in [-0.15, -0.1) is 22.9 Å². The number of methoxy groups -OCH3 is 2. The van der Waals surface area contributed by atoms with Crippen molar-refractivity contribution in [3.8, 4) is 0 Å². The van der Waals surface area contributed by atoms with Crippen molar-refractivity contribution in [2.75, 3.05) is 32.2 Å². The Bertz CT molecular complexity index is 335. The highest BCUT2D eigenvalue weighted by Crippen LogP contribution is 2.27. The zero-order valence-corrected chi connectivity index (χ0v) is 10.9. The molecule has 2 rings (SSSR count). The molecular formula is C10H15ClN2O2S. The molecule has 1 aromatic rings. The fourth-order valence-corrected chi connectivity index (χ4v) is 2.93. The minimum atomic E-state index is 0.119. The largest absolute Gasteiger partial charge is 0.377 e. The summed E-state index contributed by atoms with van der Waals surface area (Å²) in [7, 11) is 3.43. The summed E-state index contributed by atoms with van der Waals surface area (Å²) < 4.78 is 10.8. The molecule has 2 atom stereocenters. The van der Waals surface area contributed by atoms with Gasteiger partial charge in [-0.2, -0.15) is 0 Å². The van der Waals surface area contributed by atoms with Gasteiger partial charge in [-0.25, -0.2) is 4.98 Å². The van der Waals surface area contributed by atoms with Gasteiger partial charge >= 0.3 is 0 Å². The number of anilines is 1. The Morgan fingerprint density at radius 1 is 1.44 bits per heavy atom. The highest BCUT2D eigenvalue weighted by atomic mass is 35.5. The topological polar surface area (TPSA) is 34.6 Å². The van der Waals surface area contributed by atoms with Crippen molar-refractivity contribution in [3.63, 3.8) is 0 Å². The molecule has 6 heteroatoms. The standard InChI is InChI=1S/C10H15ClN2O2S/c1-14-8-4-13(5-9(8)15-2)10-12-7(3-11)6-16-10/h6,8-9H,3-5H2,1-2H3. The number of aromatic nitrogens is 1. The second-order valence-electron chi connectivity index (χ2n) is 3.71. The first-order chi connectivity index (χ1) is 7.78. The quantitative estimate of drug-likeness (QED) is 0.774. The summed E-state index contributed by atoms with van der Waals surface area (Å²) in [5.41, 5.74) is 0.927. The van der Waals surface area contributed by atoms with E-state index < -0.39 is 0 Å². The van der Waals surface area contributed by atoms with E-state index in [1.165, 1.54) is 0 Å². The van der Waals surface area contributed by atoms with Crippen LogP contribution in [-0.2, 0) is 15.4 Å². The molecule has 1 aliphatic rings. The van der Waals surface area contributed by atoms with Crippen molar-refractivity contribution in [2.45, 2.75) is 18.1 Å². The summed E-state index contributed by atoms with van der Waals surface area (Å²) in [6.07, 6.45) is 0.238. The molecule has 0 amide bonds. The van der Waals surface area contributed by atoms with Gasteiger partial charge in [0.05, 0.1) is 11.6 Å². The predicted octanol–water partition coefficient (Wildman–Crippen LogP) is 1.73. The van der Waals surface area contributed by atoms with Gasteiger partial charge in [0.1, 0.15) is 12.2 Å². The monoisotopic (exact) mass is 262 g/mol. The molecule has 2 unspecified atom stereocenters. The number of halogens is 1. The SMILES string of the molecule is COC1CN(c2nc(CCl)cs2)CC1OC. The average molecular weight is 263 g/mol. The lowest BCUT2D eigenvalue weighted by molar-refractivity contribution is -0.00461. The first kappa shape index (κ1) is 12.1. The Balaban J connectivity index is 2.06. The predicted molar refractivity (Wildman–Crippen MR) is 65.5 cm³/mol. The Morgan fingerprint density at radius 2 is 2.06 bits per heavy atom. The van der Waals surface area contributed by atoms with Gasteiger partial charge in [0.15, 0.2) is 5.13 Å². The van der Waals surface area contributed by atoms with Gasteiger partial charge in [-0.1, -0.05) is 0 Å². The molecule has 1 aliphatic heterocycles. The van der Waals surface area contributed by atoms with Crippen molar-refractivity contribution < 1.29 is 9.47 Å². The minimum Gasteiger partial charge on any atom is -0.377 e. The number of thiazole rings is 1. The summed E-state index contributed by atoms with van der Waals surface area (Å²) in [4.78, 5) is 6.63. The second kappa shape index (κ2) is 5.31. The Labute approximate surface area is 104 Å². The third kappa shape index (κ3) is 2.32. The van der Waals surface area contributed by atoms with Crippen LogP contribution in [-0.4, -0.2) is 44.5 Å². The molecule has 0 N–H and O–H groups in total. The van der Waals surface area contributed by atoms with Crippen molar-refractivity contribution in [1.29, 1.82) is 0 Å². The van der Waals surface area contributed by atoms with Gasteiger partial charge in [0.25, 0.3) is 0 Å². The lowest BCUT2D eigenvalue weighted by Gasteiger charge is -2.13. The van der Waals surface area contributed by atoms with E-state index in [-0.39, 0.29) is 12.2 Å². The van der Waals surface area contributed by atoms with Crippen LogP contribution in [0.15, 0.2) is 5.38 Å². The third-order valence-electron chi connectivity index (χ3n) is 2.77. The Hall–Kier alpha value is -0.360. The molecule has 0 bridgehead atoms. The number of rotatable bonds is 4. The molecule has 0 aliphatic carbocycles. The van der Waals surface area contributed by atoms with Crippen LogP contribution in [0.2, 0.25) is 0 Å². The van der Waals surface area contributed by atoms with Crippen LogP contribution in [0.25, 0.3) is 0 Å². The number of hydrogen-bond donors (Lipinski definition) is 0. The van der Waals surface area contributed by atoms with Gasteiger partial charge in [0.2, 0.25) is 0 Å². The van der Waals surface area contributed by atoms with Crippen LogP contribution in [0.3, 0.4) is 0 Å². The van der Waals surface area contributed by atoms with Gasteiger partial charge < -0.3 is 14.4 Å². The molecule has 2 heterocycles. The van der Waals surface area contributed by atoms with Crippen molar-refractivity contribution >= 4 is 28.1 Å². The molecule has 1 saturated heterocycles. The summed E-state index contributed by atoms with van der Waals surface area (Å²) in [6.45, 7) is 1.65. The van der Waals surface area contributed by atoms with E-state index >= 15 is 0 Å². The van der Waals surface area contributed by atoms with Crippen LogP contribution in [0.5, 0.6) is 0 Å². The van der Waals surface area contributed by atoms with E-state index in [2.05, 4.69) is 9.88 Å². The highest BCUT2D eigenvalue weighted by Gasteiger charge is 2.34. The molecule has 0 aromatic carbocycles. The van der Waals surface area contributed by atoms with Crippen LogP contribution >= 0.6 is 22.9 Å². The summed E-state index contributed by atoms with van der Waals surface area (Å²) >= 11 is 7.35. The number of ether oxygens (including phenoxy) is 2. The Morgan fingerprint density at radius 3 is 2.50 bits per heavy atom. The fraction of sp³-hybridized carbons (Fsp3) is 0.700. The van der Waals surface area contributed by atoms with Gasteiger partial charge in [0, 0.05) is 32.7 Å². The molecule has 0 saturated carbocycles. The normalized spacial score (nSPS) is 25.3. The first-order valence-corrected chi connectivity index (χ1v) is 6.50. The lowest BCUT2D eigenvalue weighted by Crippen LogP contribution is -2.27. The molecule has 90 valence electrons. The third-order valence-corrected chi connectivity index (χ3v) is 3.99. The average Bonchev–Trinajstić information content (AvgIpc) is 2.94. The zero-order valence-electron chi connectivity index (χ0n) is 9.35. The van der Waals surface area contributed by atoms with Crippen LogP contribution < -0.4 is 4.90 Å². The van der Waals surface area contributed by atoms with E-state index in [1.54, 1.807) is 25.6 Å². The van der Waals surface area contributed by atoms with Crippen LogP contribution in [0.4, 0.5) is 5.13 Å². The number of hydrogen-bond acceptors (Lipinski definition) is 5. The highest BCUT2D eigenvalue weighted by molar-refractivity contribution is 7.13. The minimum absolute atomic E-state index is 0.119. The van der Waals surface area contributed by atoms with E-state index in [1.807, 2.05) is 5.38 Å². The second-order valence-corrected chi connectivity index (χ2v) is 4.81. The van der Waals surface area contributed by atoms with Gasteiger partial charge in [-0.3, -0.25) is 0 Å². The van der Waals surface area contributed by atoms with E-state index in [9.17, 15) is 0 Å². The van der Waals surface area contributed by atoms with Crippen LogP contribution in [0.1, 0.15) is 5.69 Å². The first-order valence-electron chi connectivity index (χ1n) is 5.09. The molecular weight excluding hydrogens is 248 g/mol. The number of nitrogens with zero attached hydrogens (tertiary/aromatic N) is 2. The number of alkyl halides is 1. The molecule has 1 aromatic heterocycles. The zero-order chi connectivity index (χ0) is 11.5. The maximum absolute atomic E-state index is 5.74. The molecule has 0 spiro atoms. The molecule has 16 heavy (non-hydrogen) atoms. The Kier molecular flexibility index (Phi) is 4.02. The molecule has 0 radical (unpaired) electrons. The van der Waals surface area contributed by atoms with Crippen molar-refractivity contribution in [3.05, 3.63) is 11.1 Å².